The van der Waals surface area contributed by atoms with Crippen molar-refractivity contribution >= 4 is 0 Å². The first kappa shape index (κ1) is 18.7. The van der Waals surface area contributed by atoms with Crippen LogP contribution in [0.25, 0.3) is 0 Å². The van der Waals surface area contributed by atoms with E-state index >= 15 is 0 Å². The Morgan fingerprint density at radius 1 is 0.724 bits per heavy atom. The van der Waals surface area contributed by atoms with E-state index in [4.69, 9.17) is 10.3 Å². The van der Waals surface area contributed by atoms with Gasteiger partial charge in [-0.15, -0.1) is 0 Å². The van der Waals surface area contributed by atoms with Crippen molar-refractivity contribution in [1.29, 1.82) is 0 Å². The lowest BCUT2D eigenvalue weighted by molar-refractivity contribution is 0.0631. The highest BCUT2D eigenvalue weighted by molar-refractivity contribution is 5.32. The number of hydrogen-bond donors (Lipinski definition) is 0. The summed E-state index contributed by atoms with van der Waals surface area (Å²) in [4.78, 5) is 2.95. The number of hydrogen-bond acceptors (Lipinski definition) is 4. The van der Waals surface area contributed by atoms with Gasteiger partial charge in [-0.2, -0.15) is 5.11 Å². The zero-order valence-electron chi connectivity index (χ0n) is 18.3. The molecule has 4 heteroatoms. The van der Waals surface area contributed by atoms with Crippen molar-refractivity contribution in [2.45, 2.75) is 127 Å². The molecule has 0 aromatic carbocycles. The molecular formula is C25H40N4. The van der Waals surface area contributed by atoms with Gasteiger partial charge < -0.3 is 4.90 Å². The van der Waals surface area contributed by atoms with E-state index in [9.17, 15) is 0 Å². The number of fused-ring (bicyclic) bond motifs is 4. The van der Waals surface area contributed by atoms with E-state index in [0.29, 0.717) is 24.0 Å². The minimum Gasteiger partial charge on any atom is -0.371 e. The first-order chi connectivity index (χ1) is 14.4. The number of rotatable bonds is 3. The maximum absolute atomic E-state index is 5.02. The Bertz CT molecular complexity index is 658. The van der Waals surface area contributed by atoms with E-state index < -0.39 is 0 Å². The summed E-state index contributed by atoms with van der Waals surface area (Å²) in [5.41, 5.74) is 3.61. The largest absolute Gasteiger partial charge is 0.371 e. The second-order valence-corrected chi connectivity index (χ2v) is 10.9. The van der Waals surface area contributed by atoms with Gasteiger partial charge in [0.1, 0.15) is 6.04 Å². The van der Waals surface area contributed by atoms with E-state index in [2.05, 4.69) is 9.91 Å². The van der Waals surface area contributed by atoms with Crippen LogP contribution in [0.5, 0.6) is 0 Å². The molecule has 6 aliphatic rings. The Kier molecular flexibility index (Phi) is 5.08. The fraction of sp³-hybridized carbons (Fsp3) is 0.920. The Morgan fingerprint density at radius 3 is 2.28 bits per heavy atom. The lowest BCUT2D eigenvalue weighted by atomic mass is 9.73. The summed E-state index contributed by atoms with van der Waals surface area (Å²) in [6.07, 6.45) is 22.4. The van der Waals surface area contributed by atoms with Gasteiger partial charge in [0.05, 0.1) is 6.04 Å². The molecule has 2 heterocycles. The predicted molar refractivity (Wildman–Crippen MR) is 116 cm³/mol. The highest BCUT2D eigenvalue weighted by atomic mass is 15.6. The van der Waals surface area contributed by atoms with Crippen molar-refractivity contribution in [3.63, 3.8) is 0 Å². The Hall–Kier alpha value is -1.06. The molecule has 4 aliphatic carbocycles. The highest BCUT2D eigenvalue weighted by Gasteiger charge is 2.53. The second kappa shape index (κ2) is 7.89. The SMILES string of the molecule is C1CCC(CN2C3=C(CCCC3)C3C4N=NN(C5CCCCC5)C4CCC32)CC1. The van der Waals surface area contributed by atoms with Crippen LogP contribution >= 0.6 is 0 Å². The third kappa shape index (κ3) is 3.24. The van der Waals surface area contributed by atoms with E-state index in [-0.39, 0.29) is 0 Å². The molecule has 0 saturated heterocycles. The summed E-state index contributed by atoms with van der Waals surface area (Å²) in [5, 5.41) is 12.4. The van der Waals surface area contributed by atoms with Crippen molar-refractivity contribution in [2.24, 2.45) is 22.2 Å². The van der Waals surface area contributed by atoms with Crippen molar-refractivity contribution in [1.82, 2.24) is 9.91 Å². The van der Waals surface area contributed by atoms with Gasteiger partial charge in [0.25, 0.3) is 0 Å². The van der Waals surface area contributed by atoms with Crippen LogP contribution in [-0.2, 0) is 0 Å². The van der Waals surface area contributed by atoms with Crippen molar-refractivity contribution < 1.29 is 0 Å². The summed E-state index contributed by atoms with van der Waals surface area (Å²) in [6, 6.07) is 2.48. The maximum atomic E-state index is 5.02. The van der Waals surface area contributed by atoms with Gasteiger partial charge in [-0.3, -0.25) is 5.01 Å². The number of allylic oxidation sites excluding steroid dienone is 1. The zero-order chi connectivity index (χ0) is 19.2. The van der Waals surface area contributed by atoms with Gasteiger partial charge in [0.2, 0.25) is 0 Å². The van der Waals surface area contributed by atoms with Gasteiger partial charge in [-0.05, 0) is 75.7 Å². The van der Waals surface area contributed by atoms with Crippen LogP contribution in [0.2, 0.25) is 0 Å². The zero-order valence-corrected chi connectivity index (χ0v) is 18.3. The monoisotopic (exact) mass is 396 g/mol. The van der Waals surface area contributed by atoms with Crippen LogP contribution in [-0.4, -0.2) is 40.6 Å². The van der Waals surface area contributed by atoms with Crippen LogP contribution in [0.3, 0.4) is 0 Å². The Morgan fingerprint density at radius 2 is 1.45 bits per heavy atom. The summed E-state index contributed by atoms with van der Waals surface area (Å²) < 4.78 is 0. The van der Waals surface area contributed by atoms with E-state index in [1.54, 1.807) is 5.70 Å². The minimum absolute atomic E-state index is 0.454. The van der Waals surface area contributed by atoms with Crippen LogP contribution in [0.15, 0.2) is 21.6 Å². The quantitative estimate of drug-likeness (QED) is 0.565. The average Bonchev–Trinajstić information content (AvgIpc) is 3.35. The lowest BCUT2D eigenvalue weighted by Gasteiger charge is -2.44. The standard InChI is InChI=1S/C25H40N4/c1-3-9-18(10-4-1)17-28-21-14-8-7-13-20(21)24-22(28)15-16-23-25(24)26-27-29(23)19-11-5-2-6-12-19/h18-19,22-25H,1-17H2. The Balaban J connectivity index is 1.24. The topological polar surface area (TPSA) is 31.2 Å². The molecular weight excluding hydrogens is 356 g/mol. The summed E-state index contributed by atoms with van der Waals surface area (Å²) in [5.74, 6) is 1.63. The van der Waals surface area contributed by atoms with Gasteiger partial charge in [0.15, 0.2) is 0 Å². The fourth-order valence-corrected chi connectivity index (χ4v) is 7.95. The summed E-state index contributed by atoms with van der Waals surface area (Å²) in [6.45, 7) is 1.35. The first-order valence-electron chi connectivity index (χ1n) is 13.1. The summed E-state index contributed by atoms with van der Waals surface area (Å²) >= 11 is 0. The third-order valence-electron chi connectivity index (χ3n) is 9.32. The van der Waals surface area contributed by atoms with Crippen molar-refractivity contribution in [2.75, 3.05) is 6.54 Å². The molecule has 2 aliphatic heterocycles. The van der Waals surface area contributed by atoms with Crippen LogP contribution in [0.4, 0.5) is 0 Å². The van der Waals surface area contributed by atoms with Crippen LogP contribution in [0.1, 0.15) is 103 Å². The molecule has 3 saturated carbocycles. The Labute approximate surface area is 177 Å². The molecule has 0 N–H and O–H groups in total. The van der Waals surface area contributed by atoms with E-state index in [0.717, 1.165) is 12.0 Å². The molecule has 4 nitrogen and oxygen atoms in total. The normalized spacial score (nSPS) is 38.3. The molecule has 0 amide bonds. The molecule has 6 rings (SSSR count). The average molecular weight is 397 g/mol. The van der Waals surface area contributed by atoms with Gasteiger partial charge in [-0.25, -0.2) is 0 Å². The molecule has 4 unspecified atom stereocenters. The van der Waals surface area contributed by atoms with Crippen molar-refractivity contribution in [3.05, 3.63) is 11.3 Å². The van der Waals surface area contributed by atoms with Gasteiger partial charge in [-0.1, -0.05) is 43.7 Å². The second-order valence-electron chi connectivity index (χ2n) is 10.9. The maximum Gasteiger partial charge on any atom is 0.103 e. The van der Waals surface area contributed by atoms with Gasteiger partial charge >= 0.3 is 0 Å². The molecule has 0 aromatic heterocycles. The molecule has 3 fully saturated rings. The molecule has 0 spiro atoms. The summed E-state index contributed by atoms with van der Waals surface area (Å²) in [7, 11) is 0. The van der Waals surface area contributed by atoms with Crippen molar-refractivity contribution in [3.8, 4) is 0 Å². The molecule has 160 valence electrons. The fourth-order valence-electron chi connectivity index (χ4n) is 7.95. The molecule has 29 heavy (non-hydrogen) atoms. The first-order valence-corrected chi connectivity index (χ1v) is 13.1. The minimum atomic E-state index is 0.454. The smallest absolute Gasteiger partial charge is 0.103 e. The molecule has 0 bridgehead atoms. The lowest BCUT2D eigenvalue weighted by Crippen LogP contribution is -2.52. The van der Waals surface area contributed by atoms with E-state index in [1.807, 2.05) is 5.57 Å². The van der Waals surface area contributed by atoms with Gasteiger partial charge in [0, 0.05) is 30.2 Å². The molecule has 0 radical (unpaired) electrons. The van der Waals surface area contributed by atoms with Crippen LogP contribution < -0.4 is 0 Å². The van der Waals surface area contributed by atoms with Crippen LogP contribution in [0, 0.1) is 11.8 Å². The highest BCUT2D eigenvalue weighted by Crippen LogP contribution is 2.52. The predicted octanol–water partition coefficient (Wildman–Crippen LogP) is 6.24. The van der Waals surface area contributed by atoms with E-state index in [1.165, 1.54) is 109 Å². The third-order valence-corrected chi connectivity index (χ3v) is 9.32. The molecule has 4 atom stereocenters. The molecule has 0 aromatic rings. The number of nitrogens with zero attached hydrogens (tertiary/aromatic N) is 4.